The molecule has 6 heteroatoms. The Kier molecular flexibility index (Phi) is 3.45. The van der Waals surface area contributed by atoms with Crippen molar-refractivity contribution in [3.05, 3.63) is 42.0 Å². The SMILES string of the molecule is O=C1CCN(c2c(F)cccc2Cn2ccnn2)CC1. The molecule has 0 aliphatic carbocycles. The van der Waals surface area contributed by atoms with Gasteiger partial charge >= 0.3 is 0 Å². The number of anilines is 1. The van der Waals surface area contributed by atoms with Crippen molar-refractivity contribution in [1.82, 2.24) is 15.0 Å². The zero-order valence-electron chi connectivity index (χ0n) is 11.0. The lowest BCUT2D eigenvalue weighted by Gasteiger charge is -2.30. The second-order valence-electron chi connectivity index (χ2n) is 4.87. The highest BCUT2D eigenvalue weighted by molar-refractivity contribution is 5.81. The fourth-order valence-electron chi connectivity index (χ4n) is 2.51. The molecule has 0 atom stereocenters. The first kappa shape index (κ1) is 12.8. The first-order valence-electron chi connectivity index (χ1n) is 6.62. The summed E-state index contributed by atoms with van der Waals surface area (Å²) in [7, 11) is 0. The average molecular weight is 274 g/mol. The molecule has 0 N–H and O–H groups in total. The van der Waals surface area contributed by atoms with Crippen LogP contribution in [0.1, 0.15) is 18.4 Å². The molecule has 2 aromatic rings. The zero-order valence-corrected chi connectivity index (χ0v) is 11.0. The van der Waals surface area contributed by atoms with Gasteiger partial charge < -0.3 is 4.90 Å². The number of para-hydroxylation sites is 1. The predicted molar refractivity (Wildman–Crippen MR) is 72.0 cm³/mol. The van der Waals surface area contributed by atoms with Crippen molar-refractivity contribution in [3.8, 4) is 0 Å². The van der Waals surface area contributed by atoms with Gasteiger partial charge in [0.2, 0.25) is 0 Å². The van der Waals surface area contributed by atoms with Crippen LogP contribution in [0.4, 0.5) is 10.1 Å². The molecule has 0 spiro atoms. The van der Waals surface area contributed by atoms with Crippen LogP contribution in [0.25, 0.3) is 0 Å². The van der Waals surface area contributed by atoms with Crippen molar-refractivity contribution in [2.45, 2.75) is 19.4 Å². The van der Waals surface area contributed by atoms with Crippen LogP contribution in [0.3, 0.4) is 0 Å². The number of nitrogens with zero attached hydrogens (tertiary/aromatic N) is 4. The number of rotatable bonds is 3. The van der Waals surface area contributed by atoms with E-state index in [0.29, 0.717) is 38.2 Å². The Bertz CT molecular complexity index is 602. The Hall–Kier alpha value is -2.24. The van der Waals surface area contributed by atoms with Gasteiger partial charge in [0, 0.05) is 32.1 Å². The second kappa shape index (κ2) is 5.40. The molecule has 5 nitrogen and oxygen atoms in total. The van der Waals surface area contributed by atoms with E-state index in [0.717, 1.165) is 5.56 Å². The summed E-state index contributed by atoms with van der Waals surface area (Å²) in [4.78, 5) is 13.3. The molecule has 1 aliphatic rings. The molecule has 3 rings (SSSR count). The summed E-state index contributed by atoms with van der Waals surface area (Å²) in [5.74, 6) is -0.00706. The second-order valence-corrected chi connectivity index (χ2v) is 4.87. The maximum atomic E-state index is 14.2. The van der Waals surface area contributed by atoms with Gasteiger partial charge in [0.15, 0.2) is 0 Å². The van der Waals surface area contributed by atoms with E-state index in [2.05, 4.69) is 10.3 Å². The predicted octanol–water partition coefficient (Wildman–Crippen LogP) is 1.63. The van der Waals surface area contributed by atoms with Crippen LogP contribution < -0.4 is 4.90 Å². The monoisotopic (exact) mass is 274 g/mol. The number of ketones is 1. The lowest BCUT2D eigenvalue weighted by molar-refractivity contribution is -0.119. The van der Waals surface area contributed by atoms with Crippen molar-refractivity contribution in [2.24, 2.45) is 0 Å². The highest BCUT2D eigenvalue weighted by Crippen LogP contribution is 2.27. The number of aromatic nitrogens is 3. The van der Waals surface area contributed by atoms with E-state index < -0.39 is 0 Å². The van der Waals surface area contributed by atoms with E-state index in [1.54, 1.807) is 23.1 Å². The molecule has 104 valence electrons. The van der Waals surface area contributed by atoms with Crippen molar-refractivity contribution in [2.75, 3.05) is 18.0 Å². The smallest absolute Gasteiger partial charge is 0.146 e. The number of hydrogen-bond donors (Lipinski definition) is 0. The largest absolute Gasteiger partial charge is 0.368 e. The zero-order chi connectivity index (χ0) is 13.9. The Morgan fingerprint density at radius 3 is 2.75 bits per heavy atom. The minimum atomic E-state index is -0.253. The van der Waals surface area contributed by atoms with Crippen molar-refractivity contribution < 1.29 is 9.18 Å². The van der Waals surface area contributed by atoms with Crippen LogP contribution in [0.2, 0.25) is 0 Å². The van der Waals surface area contributed by atoms with Gasteiger partial charge in [0.1, 0.15) is 11.6 Å². The van der Waals surface area contributed by atoms with E-state index in [9.17, 15) is 9.18 Å². The summed E-state index contributed by atoms with van der Waals surface area (Å²) in [6.45, 7) is 1.62. The highest BCUT2D eigenvalue weighted by atomic mass is 19.1. The van der Waals surface area contributed by atoms with E-state index in [4.69, 9.17) is 0 Å². The maximum Gasteiger partial charge on any atom is 0.146 e. The molecule has 1 aliphatic heterocycles. The van der Waals surface area contributed by atoms with E-state index in [1.165, 1.54) is 6.07 Å². The lowest BCUT2D eigenvalue weighted by Crippen LogP contribution is -2.35. The summed E-state index contributed by atoms with van der Waals surface area (Å²) in [5.41, 5.74) is 1.43. The molecular formula is C14H15FN4O. The normalized spacial score (nSPS) is 15.7. The van der Waals surface area contributed by atoms with Crippen molar-refractivity contribution in [1.29, 1.82) is 0 Å². The number of Topliss-reactive ketones (excluding diaryl/α,β-unsaturated/α-hetero) is 1. The molecule has 0 saturated carbocycles. The number of benzene rings is 1. The number of halogens is 1. The van der Waals surface area contributed by atoms with Gasteiger partial charge in [-0.3, -0.25) is 4.79 Å². The van der Waals surface area contributed by atoms with Gasteiger partial charge in [-0.05, 0) is 11.6 Å². The van der Waals surface area contributed by atoms with Gasteiger partial charge in [0.05, 0.1) is 18.4 Å². The summed E-state index contributed by atoms with van der Waals surface area (Å²) in [5, 5.41) is 7.66. The molecule has 0 bridgehead atoms. The molecule has 0 amide bonds. The Balaban J connectivity index is 1.90. The van der Waals surface area contributed by atoms with Gasteiger partial charge in [0.25, 0.3) is 0 Å². The fraction of sp³-hybridized carbons (Fsp3) is 0.357. The molecule has 1 fully saturated rings. The van der Waals surface area contributed by atoms with Gasteiger partial charge in [-0.25, -0.2) is 9.07 Å². The maximum absolute atomic E-state index is 14.2. The summed E-state index contributed by atoms with van der Waals surface area (Å²) >= 11 is 0. The first-order chi connectivity index (χ1) is 9.74. The summed E-state index contributed by atoms with van der Waals surface area (Å²) in [6, 6.07) is 5.04. The molecule has 1 saturated heterocycles. The fourth-order valence-corrected chi connectivity index (χ4v) is 2.51. The average Bonchev–Trinajstić information content (AvgIpc) is 2.94. The van der Waals surface area contributed by atoms with Gasteiger partial charge in [-0.1, -0.05) is 17.3 Å². The van der Waals surface area contributed by atoms with Crippen LogP contribution in [-0.4, -0.2) is 33.9 Å². The molecular weight excluding hydrogens is 259 g/mol. The van der Waals surface area contributed by atoms with Gasteiger partial charge in [-0.15, -0.1) is 5.10 Å². The standard InChI is InChI=1S/C14H15FN4O/c15-13-3-1-2-11(10-19-9-6-16-17-19)14(13)18-7-4-12(20)5-8-18/h1-3,6,9H,4-5,7-8,10H2. The molecule has 1 aromatic carbocycles. The molecule has 2 heterocycles. The van der Waals surface area contributed by atoms with Crippen LogP contribution in [-0.2, 0) is 11.3 Å². The van der Waals surface area contributed by atoms with E-state index in [-0.39, 0.29) is 11.6 Å². The quantitative estimate of drug-likeness (QED) is 0.853. The molecule has 1 aromatic heterocycles. The lowest BCUT2D eigenvalue weighted by atomic mass is 10.1. The number of hydrogen-bond acceptors (Lipinski definition) is 4. The minimum absolute atomic E-state index is 0.246. The minimum Gasteiger partial charge on any atom is -0.368 e. The van der Waals surface area contributed by atoms with Crippen LogP contribution in [0.5, 0.6) is 0 Å². The Morgan fingerprint density at radius 2 is 2.05 bits per heavy atom. The third kappa shape index (κ3) is 2.54. The summed E-state index contributed by atoms with van der Waals surface area (Å²) in [6.07, 6.45) is 4.31. The summed E-state index contributed by atoms with van der Waals surface area (Å²) < 4.78 is 15.8. The molecule has 0 radical (unpaired) electrons. The topological polar surface area (TPSA) is 51.0 Å². The van der Waals surface area contributed by atoms with Crippen LogP contribution in [0, 0.1) is 5.82 Å². The Labute approximate surface area is 116 Å². The van der Waals surface area contributed by atoms with Gasteiger partial charge in [-0.2, -0.15) is 0 Å². The van der Waals surface area contributed by atoms with Crippen molar-refractivity contribution in [3.63, 3.8) is 0 Å². The number of carbonyl (C=O) groups excluding carboxylic acids is 1. The highest BCUT2D eigenvalue weighted by Gasteiger charge is 2.21. The third-order valence-corrected chi connectivity index (χ3v) is 3.51. The van der Waals surface area contributed by atoms with Crippen LogP contribution >= 0.6 is 0 Å². The molecule has 0 unspecified atom stereocenters. The first-order valence-corrected chi connectivity index (χ1v) is 6.62. The van der Waals surface area contributed by atoms with E-state index in [1.807, 2.05) is 11.0 Å². The third-order valence-electron chi connectivity index (χ3n) is 3.51. The van der Waals surface area contributed by atoms with Crippen molar-refractivity contribution >= 4 is 11.5 Å². The molecule has 20 heavy (non-hydrogen) atoms. The number of piperidine rings is 1. The number of carbonyl (C=O) groups is 1. The van der Waals surface area contributed by atoms with Crippen LogP contribution in [0.15, 0.2) is 30.6 Å². The Morgan fingerprint density at radius 1 is 1.25 bits per heavy atom. The van der Waals surface area contributed by atoms with E-state index >= 15 is 0 Å².